The second-order valence-corrected chi connectivity index (χ2v) is 5.36. The molecule has 2 aromatic rings. The highest BCUT2D eigenvalue weighted by Gasteiger charge is 2.20. The quantitative estimate of drug-likeness (QED) is 0.344. The summed E-state index contributed by atoms with van der Waals surface area (Å²) in [6, 6.07) is 5.90. The zero-order chi connectivity index (χ0) is 17.9. The van der Waals surface area contributed by atoms with Gasteiger partial charge in [-0.1, -0.05) is 46.9 Å². The van der Waals surface area contributed by atoms with Gasteiger partial charge in [-0.05, 0) is 6.07 Å². The molecule has 1 aromatic heterocycles. The number of carbonyl (C=O) groups is 1. The number of nitrogens with one attached hydrogen (secondary N) is 1. The number of benzene rings is 1. The van der Waals surface area contributed by atoms with Gasteiger partial charge >= 0.3 is 5.97 Å². The summed E-state index contributed by atoms with van der Waals surface area (Å²) in [4.78, 5) is 25.0. The van der Waals surface area contributed by atoms with E-state index in [9.17, 15) is 14.9 Å². The van der Waals surface area contributed by atoms with E-state index in [2.05, 4.69) is 15.5 Å². The monoisotopic (exact) mass is 388 g/mol. The molecule has 24 heavy (non-hydrogen) atoms. The third-order valence-electron chi connectivity index (χ3n) is 2.75. The Morgan fingerprint density at radius 1 is 1.29 bits per heavy atom. The number of nitro benzene ring substituents is 1. The van der Waals surface area contributed by atoms with Crippen molar-refractivity contribution in [1.29, 1.82) is 0 Å². The topological polar surface area (TPSA) is 118 Å². The molecule has 0 saturated carbocycles. The number of aromatic nitrogens is 1. The van der Waals surface area contributed by atoms with Crippen LogP contribution in [0.15, 0.2) is 29.4 Å². The molecular weight excluding hydrogens is 383 g/mol. The number of pyridine rings is 1. The van der Waals surface area contributed by atoms with Gasteiger partial charge in [-0.15, -0.1) is 0 Å². The first kappa shape index (κ1) is 17.9. The van der Waals surface area contributed by atoms with Crippen LogP contribution in [0.5, 0.6) is 0 Å². The Bertz CT molecular complexity index is 857. The number of para-hydroxylation sites is 1. The lowest BCUT2D eigenvalue weighted by Crippen LogP contribution is -2.05. The Hall–Kier alpha value is -2.42. The fourth-order valence-corrected chi connectivity index (χ4v) is 2.35. The van der Waals surface area contributed by atoms with E-state index in [4.69, 9.17) is 39.9 Å². The molecule has 8 nitrogen and oxygen atoms in total. The molecule has 2 N–H and O–H groups in total. The van der Waals surface area contributed by atoms with Crippen LogP contribution in [0, 0.1) is 10.1 Å². The van der Waals surface area contributed by atoms with Gasteiger partial charge < -0.3 is 5.11 Å². The van der Waals surface area contributed by atoms with E-state index >= 15 is 0 Å². The van der Waals surface area contributed by atoms with Gasteiger partial charge in [-0.2, -0.15) is 5.10 Å². The molecule has 0 saturated heterocycles. The molecule has 0 spiro atoms. The molecule has 0 aliphatic heterocycles. The maximum Gasteiger partial charge on any atom is 0.356 e. The second kappa shape index (κ2) is 7.43. The van der Waals surface area contributed by atoms with E-state index in [0.29, 0.717) is 0 Å². The SMILES string of the molecule is O=C(O)c1nc(Cl)c(Cl)c(N/N=C\c2ccccc2[N+](=O)[O-])c1Cl. The maximum absolute atomic E-state index is 11.1. The van der Waals surface area contributed by atoms with Crippen LogP contribution in [0.4, 0.5) is 11.4 Å². The highest BCUT2D eigenvalue weighted by atomic mass is 35.5. The third kappa shape index (κ3) is 3.73. The van der Waals surface area contributed by atoms with E-state index < -0.39 is 16.6 Å². The molecule has 0 aliphatic rings. The minimum Gasteiger partial charge on any atom is -0.476 e. The smallest absolute Gasteiger partial charge is 0.356 e. The summed E-state index contributed by atoms with van der Waals surface area (Å²) in [5, 5.41) is 23.0. The Morgan fingerprint density at radius 2 is 1.96 bits per heavy atom. The minimum atomic E-state index is -1.40. The van der Waals surface area contributed by atoms with Crippen LogP contribution in [0.2, 0.25) is 15.2 Å². The first-order valence-electron chi connectivity index (χ1n) is 6.13. The van der Waals surface area contributed by atoms with Crippen molar-refractivity contribution in [2.24, 2.45) is 5.10 Å². The molecular formula is C13H7Cl3N4O4. The normalized spacial score (nSPS) is 10.8. The Morgan fingerprint density at radius 3 is 2.58 bits per heavy atom. The summed E-state index contributed by atoms with van der Waals surface area (Å²) in [5.74, 6) is -1.40. The molecule has 0 fully saturated rings. The average molecular weight is 390 g/mol. The molecule has 0 radical (unpaired) electrons. The number of halogens is 3. The number of rotatable bonds is 5. The van der Waals surface area contributed by atoms with E-state index in [1.165, 1.54) is 24.4 Å². The Balaban J connectivity index is 2.36. The molecule has 1 heterocycles. The number of anilines is 1. The van der Waals surface area contributed by atoms with Crippen molar-refractivity contribution >= 4 is 58.4 Å². The zero-order valence-corrected chi connectivity index (χ0v) is 13.8. The largest absolute Gasteiger partial charge is 0.476 e. The van der Waals surface area contributed by atoms with Crippen molar-refractivity contribution in [3.63, 3.8) is 0 Å². The number of carboxylic acid groups (broad SMARTS) is 1. The first-order valence-corrected chi connectivity index (χ1v) is 7.26. The number of hydrazone groups is 1. The van der Waals surface area contributed by atoms with Crippen molar-refractivity contribution in [2.45, 2.75) is 0 Å². The van der Waals surface area contributed by atoms with Gasteiger partial charge in [0, 0.05) is 6.07 Å². The average Bonchev–Trinajstić information content (AvgIpc) is 2.54. The molecule has 1 aromatic carbocycles. The minimum absolute atomic E-state index is 0.0782. The van der Waals surface area contributed by atoms with Crippen LogP contribution < -0.4 is 5.43 Å². The fourth-order valence-electron chi connectivity index (χ4n) is 1.68. The van der Waals surface area contributed by atoms with Gasteiger partial charge in [-0.25, -0.2) is 9.78 Å². The summed E-state index contributed by atoms with van der Waals surface area (Å²) in [6.07, 6.45) is 1.17. The summed E-state index contributed by atoms with van der Waals surface area (Å²) >= 11 is 17.6. The van der Waals surface area contributed by atoms with Crippen LogP contribution in [-0.4, -0.2) is 27.2 Å². The summed E-state index contributed by atoms with van der Waals surface area (Å²) in [6.45, 7) is 0. The van der Waals surface area contributed by atoms with Crippen LogP contribution in [0.3, 0.4) is 0 Å². The standard InChI is InChI=1S/C13H7Cl3N4O4/c14-8-10(9(15)12(16)18-11(8)13(21)22)19-17-5-6-3-1-2-4-7(6)20(23)24/h1-5H,(H,18,19)(H,21,22)/b17-5-. The number of hydrogen-bond donors (Lipinski definition) is 2. The summed E-state index contributed by atoms with van der Waals surface area (Å²) in [7, 11) is 0. The molecule has 0 amide bonds. The summed E-state index contributed by atoms with van der Waals surface area (Å²) in [5.41, 5.74) is 1.91. The lowest BCUT2D eigenvalue weighted by molar-refractivity contribution is -0.385. The van der Waals surface area contributed by atoms with Crippen LogP contribution in [-0.2, 0) is 0 Å². The third-order valence-corrected chi connectivity index (χ3v) is 3.86. The highest BCUT2D eigenvalue weighted by Crippen LogP contribution is 2.36. The van der Waals surface area contributed by atoms with Gasteiger partial charge in [0.05, 0.1) is 22.4 Å². The molecule has 0 unspecified atom stereocenters. The fraction of sp³-hybridized carbons (Fsp3) is 0. The van der Waals surface area contributed by atoms with E-state index in [0.717, 1.165) is 0 Å². The van der Waals surface area contributed by atoms with E-state index in [1.807, 2.05) is 0 Å². The van der Waals surface area contributed by atoms with Crippen molar-refractivity contribution in [3.8, 4) is 0 Å². The molecule has 2 rings (SSSR count). The second-order valence-electron chi connectivity index (χ2n) is 4.25. The number of nitro groups is 1. The molecule has 0 bridgehead atoms. The first-order chi connectivity index (χ1) is 11.3. The van der Waals surface area contributed by atoms with E-state index in [-0.39, 0.29) is 32.1 Å². The number of hydrogen-bond acceptors (Lipinski definition) is 6. The van der Waals surface area contributed by atoms with Gasteiger partial charge in [0.1, 0.15) is 10.0 Å². The van der Waals surface area contributed by atoms with Crippen molar-refractivity contribution < 1.29 is 14.8 Å². The van der Waals surface area contributed by atoms with Crippen molar-refractivity contribution in [3.05, 3.63) is 60.8 Å². The summed E-state index contributed by atoms with van der Waals surface area (Å²) < 4.78 is 0. The van der Waals surface area contributed by atoms with E-state index in [1.54, 1.807) is 6.07 Å². The van der Waals surface area contributed by atoms with Crippen LogP contribution in [0.25, 0.3) is 0 Å². The number of nitrogens with zero attached hydrogens (tertiary/aromatic N) is 3. The Labute approximate surface area is 149 Å². The number of carboxylic acids is 1. The molecule has 0 atom stereocenters. The molecule has 11 heteroatoms. The molecule has 0 aliphatic carbocycles. The predicted octanol–water partition coefficient (Wildman–Crippen LogP) is 4.09. The van der Waals surface area contributed by atoms with Gasteiger partial charge in [-0.3, -0.25) is 15.5 Å². The van der Waals surface area contributed by atoms with Gasteiger partial charge in [0.15, 0.2) is 10.8 Å². The van der Waals surface area contributed by atoms with Crippen LogP contribution >= 0.6 is 34.8 Å². The zero-order valence-electron chi connectivity index (χ0n) is 11.5. The Kier molecular flexibility index (Phi) is 5.55. The highest BCUT2D eigenvalue weighted by molar-refractivity contribution is 6.46. The molecule has 124 valence electrons. The lowest BCUT2D eigenvalue weighted by atomic mass is 10.2. The van der Waals surface area contributed by atoms with Gasteiger partial charge in [0.25, 0.3) is 5.69 Å². The maximum atomic E-state index is 11.1. The lowest BCUT2D eigenvalue weighted by Gasteiger charge is -2.09. The number of aromatic carboxylic acids is 1. The van der Waals surface area contributed by atoms with Crippen molar-refractivity contribution in [1.82, 2.24) is 4.98 Å². The van der Waals surface area contributed by atoms with Crippen molar-refractivity contribution in [2.75, 3.05) is 5.43 Å². The predicted molar refractivity (Wildman–Crippen MR) is 90.5 cm³/mol. The van der Waals surface area contributed by atoms with Crippen LogP contribution in [0.1, 0.15) is 16.1 Å². The van der Waals surface area contributed by atoms with Gasteiger partial charge in [0.2, 0.25) is 0 Å².